The van der Waals surface area contributed by atoms with Crippen molar-refractivity contribution in [1.29, 1.82) is 0 Å². The summed E-state index contributed by atoms with van der Waals surface area (Å²) in [5.41, 5.74) is 8.07. The molecular weight excluding hydrogens is 508 g/mol. The third kappa shape index (κ3) is 5.84. The number of hydrogen-bond donors (Lipinski definition) is 3. The first-order valence-electron chi connectivity index (χ1n) is 14.1. The number of benzene rings is 1. The van der Waals surface area contributed by atoms with Gasteiger partial charge in [0, 0.05) is 74.2 Å². The lowest BCUT2D eigenvalue weighted by atomic mass is 10.1. The molecule has 1 saturated heterocycles. The van der Waals surface area contributed by atoms with Gasteiger partial charge < -0.3 is 20.1 Å². The molecule has 6 rings (SSSR count). The van der Waals surface area contributed by atoms with Crippen molar-refractivity contribution in [2.75, 3.05) is 38.1 Å². The number of likely N-dealkylation sites (N-methyl/N-ethyl adjacent to an activating group) is 1. The molecule has 0 saturated carbocycles. The number of nitrogens with one attached hydrogen (secondary N) is 3. The number of aromatic amines is 2. The Hall–Kier alpha value is -4.53. The highest BCUT2D eigenvalue weighted by atomic mass is 15.2. The molecule has 0 radical (unpaired) electrons. The normalized spacial score (nSPS) is 15.2. The molecule has 0 unspecified atom stereocenters. The minimum Gasteiger partial charge on any atom is -0.368 e. The van der Waals surface area contributed by atoms with E-state index in [1.165, 1.54) is 11.3 Å². The molecule has 3 N–H and O–H groups in total. The number of hydrogen-bond acceptors (Lipinski definition) is 6. The fourth-order valence-electron chi connectivity index (χ4n) is 5.36. The molecule has 0 bridgehead atoms. The van der Waals surface area contributed by atoms with Crippen molar-refractivity contribution in [2.24, 2.45) is 0 Å². The van der Waals surface area contributed by atoms with Crippen LogP contribution in [0.1, 0.15) is 23.6 Å². The smallest absolute Gasteiger partial charge is 0.139 e. The van der Waals surface area contributed by atoms with Crippen molar-refractivity contribution < 1.29 is 0 Å². The average molecular weight is 545 g/mol. The van der Waals surface area contributed by atoms with Crippen molar-refractivity contribution in [3.8, 4) is 11.4 Å². The second-order valence-corrected chi connectivity index (χ2v) is 10.6. The number of piperazine rings is 1. The van der Waals surface area contributed by atoms with E-state index in [9.17, 15) is 0 Å². The number of pyridine rings is 2. The van der Waals surface area contributed by atoms with Gasteiger partial charge in [-0.2, -0.15) is 5.10 Å². The summed E-state index contributed by atoms with van der Waals surface area (Å²) in [6, 6.07) is 16.8. The van der Waals surface area contributed by atoms with Crippen LogP contribution in [0.2, 0.25) is 0 Å². The maximum atomic E-state index is 4.70. The molecule has 8 nitrogen and oxygen atoms in total. The standard InChI is InChI=1S/C33H36N8/c1-4-29-27(16-23(2)26-17-25(21-35-22-26)20-34-19-24-8-6-5-7-9-24)32(39-38-29)30-18-28-31(10-11-36-33(28)37-30)41-14-12-40(3)13-15-41/h4-11,16-18,21-22,34,38H,2,12-15,19-20H2,1,3H3,(H,36,37)/b27-16+,29-4+. The summed E-state index contributed by atoms with van der Waals surface area (Å²) in [6.45, 7) is 12.1. The van der Waals surface area contributed by atoms with Crippen LogP contribution in [-0.2, 0) is 13.1 Å². The summed E-state index contributed by atoms with van der Waals surface area (Å²) in [4.78, 5) is 17.5. The molecule has 0 amide bonds. The minimum atomic E-state index is 0.728. The van der Waals surface area contributed by atoms with Gasteiger partial charge in [0.05, 0.1) is 11.0 Å². The van der Waals surface area contributed by atoms with E-state index in [1.54, 1.807) is 0 Å². The number of allylic oxidation sites excluding steroid dienone is 1. The SMILES string of the molecule is C=C(/C=c1/c(-c2cc3c(N4CCN(C)CC4)ccnc3[nH]2)n[nH]/c1=C/C)c1cncc(CNCc2ccccc2)c1. The molecule has 1 aromatic carbocycles. The van der Waals surface area contributed by atoms with Crippen LogP contribution < -0.4 is 20.8 Å². The fraction of sp³-hybridized carbons (Fsp3) is 0.242. The van der Waals surface area contributed by atoms with Crippen molar-refractivity contribution in [3.05, 3.63) is 101 Å². The third-order valence-electron chi connectivity index (χ3n) is 7.72. The minimum absolute atomic E-state index is 0.728. The molecule has 41 heavy (non-hydrogen) atoms. The summed E-state index contributed by atoms with van der Waals surface area (Å²) in [5, 5.41) is 14.5. The van der Waals surface area contributed by atoms with Gasteiger partial charge in [-0.05, 0) is 60.5 Å². The van der Waals surface area contributed by atoms with Crippen molar-refractivity contribution in [3.63, 3.8) is 0 Å². The highest BCUT2D eigenvalue weighted by Gasteiger charge is 2.19. The van der Waals surface area contributed by atoms with Crippen molar-refractivity contribution >= 4 is 34.4 Å². The van der Waals surface area contributed by atoms with Crippen LogP contribution in [0.4, 0.5) is 5.69 Å². The van der Waals surface area contributed by atoms with Crippen LogP contribution in [0.15, 0.2) is 73.7 Å². The van der Waals surface area contributed by atoms with Gasteiger partial charge in [-0.1, -0.05) is 43.0 Å². The van der Waals surface area contributed by atoms with Gasteiger partial charge in [-0.3, -0.25) is 10.1 Å². The van der Waals surface area contributed by atoms with Crippen molar-refractivity contribution in [2.45, 2.75) is 20.0 Å². The lowest BCUT2D eigenvalue weighted by Crippen LogP contribution is -2.44. The molecule has 0 spiro atoms. The number of H-pyrrole nitrogens is 2. The average Bonchev–Trinajstić information content (AvgIpc) is 3.62. The summed E-state index contributed by atoms with van der Waals surface area (Å²) in [7, 11) is 2.18. The third-order valence-corrected chi connectivity index (χ3v) is 7.72. The number of nitrogens with zero attached hydrogens (tertiary/aromatic N) is 5. The van der Waals surface area contributed by atoms with E-state index in [0.717, 1.165) is 89.0 Å². The predicted octanol–water partition coefficient (Wildman–Crippen LogP) is 3.68. The summed E-state index contributed by atoms with van der Waals surface area (Å²) >= 11 is 0. The summed E-state index contributed by atoms with van der Waals surface area (Å²) in [6.07, 6.45) is 9.78. The second-order valence-electron chi connectivity index (χ2n) is 10.6. The largest absolute Gasteiger partial charge is 0.368 e. The van der Waals surface area contributed by atoms with Crippen LogP contribution in [0.25, 0.3) is 40.1 Å². The topological polar surface area (TPSA) is 88.8 Å². The summed E-state index contributed by atoms with van der Waals surface area (Å²) in [5.74, 6) is 0. The van der Waals surface area contributed by atoms with Crippen molar-refractivity contribution in [1.82, 2.24) is 35.4 Å². The molecule has 1 aliphatic rings. The highest BCUT2D eigenvalue weighted by Crippen LogP contribution is 2.29. The van der Waals surface area contributed by atoms with Crippen LogP contribution in [0.5, 0.6) is 0 Å². The van der Waals surface area contributed by atoms with Gasteiger partial charge in [-0.25, -0.2) is 4.98 Å². The Morgan fingerprint density at radius 1 is 1.02 bits per heavy atom. The van der Waals surface area contributed by atoms with Gasteiger partial charge in [-0.15, -0.1) is 0 Å². The first-order valence-corrected chi connectivity index (χ1v) is 14.1. The van der Waals surface area contributed by atoms with Gasteiger partial charge in [0.25, 0.3) is 0 Å². The Labute approximate surface area is 240 Å². The first-order chi connectivity index (χ1) is 20.1. The van der Waals surface area contributed by atoms with Gasteiger partial charge in [0.15, 0.2) is 0 Å². The van der Waals surface area contributed by atoms with E-state index < -0.39 is 0 Å². The molecule has 0 aliphatic carbocycles. The molecular formula is C33H36N8. The van der Waals surface area contributed by atoms with E-state index >= 15 is 0 Å². The molecule has 1 fully saturated rings. The number of fused-ring (bicyclic) bond motifs is 1. The summed E-state index contributed by atoms with van der Waals surface area (Å²) < 4.78 is 0. The number of aromatic nitrogens is 5. The van der Waals surface area contributed by atoms with Crippen LogP contribution in [0, 0.1) is 0 Å². The quantitative estimate of drug-likeness (QED) is 0.276. The molecule has 5 aromatic rings. The Morgan fingerprint density at radius 2 is 1.83 bits per heavy atom. The van der Waals surface area contributed by atoms with E-state index in [0.29, 0.717) is 0 Å². The number of anilines is 1. The number of rotatable bonds is 8. The van der Waals surface area contributed by atoms with E-state index in [1.807, 2.05) is 37.7 Å². The Balaban J connectivity index is 1.28. The zero-order chi connectivity index (χ0) is 28.2. The van der Waals surface area contributed by atoms with E-state index in [2.05, 4.69) is 97.3 Å². The van der Waals surface area contributed by atoms with Gasteiger partial charge in [0.1, 0.15) is 11.3 Å². The van der Waals surface area contributed by atoms with Crippen LogP contribution in [-0.4, -0.2) is 63.3 Å². The maximum absolute atomic E-state index is 4.70. The first kappa shape index (κ1) is 26.7. The Bertz CT molecular complexity index is 1780. The Morgan fingerprint density at radius 3 is 2.63 bits per heavy atom. The van der Waals surface area contributed by atoms with E-state index in [-0.39, 0.29) is 0 Å². The zero-order valence-corrected chi connectivity index (χ0v) is 23.7. The highest BCUT2D eigenvalue weighted by molar-refractivity contribution is 5.94. The monoisotopic (exact) mass is 544 g/mol. The van der Waals surface area contributed by atoms with Crippen LogP contribution >= 0.6 is 0 Å². The lowest BCUT2D eigenvalue weighted by molar-refractivity contribution is 0.313. The molecule has 4 aromatic heterocycles. The van der Waals surface area contributed by atoms with Gasteiger partial charge in [0.2, 0.25) is 0 Å². The molecule has 208 valence electrons. The van der Waals surface area contributed by atoms with E-state index in [4.69, 9.17) is 5.10 Å². The Kier molecular flexibility index (Phi) is 7.75. The zero-order valence-electron chi connectivity index (χ0n) is 23.7. The molecule has 0 atom stereocenters. The van der Waals surface area contributed by atoms with Crippen LogP contribution in [0.3, 0.4) is 0 Å². The second kappa shape index (κ2) is 11.9. The maximum Gasteiger partial charge on any atom is 0.139 e. The lowest BCUT2D eigenvalue weighted by Gasteiger charge is -2.34. The predicted molar refractivity (Wildman–Crippen MR) is 167 cm³/mol. The van der Waals surface area contributed by atoms with Gasteiger partial charge >= 0.3 is 0 Å². The molecule has 5 heterocycles. The fourth-order valence-corrected chi connectivity index (χ4v) is 5.36. The molecule has 1 aliphatic heterocycles. The molecule has 8 heteroatoms.